The van der Waals surface area contributed by atoms with Gasteiger partial charge in [-0.05, 0) is 54.8 Å². The summed E-state index contributed by atoms with van der Waals surface area (Å²) in [6, 6.07) is 13.1. The van der Waals surface area contributed by atoms with Crippen molar-refractivity contribution in [1.29, 1.82) is 0 Å². The van der Waals surface area contributed by atoms with Crippen LogP contribution in [0.15, 0.2) is 48.2 Å². The van der Waals surface area contributed by atoms with Gasteiger partial charge in [-0.3, -0.25) is 14.5 Å². The Hall–Kier alpha value is -3.52. The minimum Gasteiger partial charge on any atom is -0.493 e. The van der Waals surface area contributed by atoms with Crippen LogP contribution in [0.4, 0.5) is 11.4 Å². The average Bonchev–Trinajstić information content (AvgIpc) is 3.45. The molecule has 1 N–H and O–H groups in total. The first-order valence-electron chi connectivity index (χ1n) is 11.0. The van der Waals surface area contributed by atoms with Gasteiger partial charge in [-0.1, -0.05) is 6.07 Å². The smallest absolute Gasteiger partial charge is 0.278 e. The first-order chi connectivity index (χ1) is 16.1. The van der Waals surface area contributed by atoms with E-state index in [1.165, 1.54) is 32.0 Å². The third kappa shape index (κ3) is 4.52. The lowest BCUT2D eigenvalue weighted by molar-refractivity contribution is -0.137. The lowest BCUT2D eigenvalue weighted by atomic mass is 10.0. The van der Waals surface area contributed by atoms with Crippen LogP contribution < -0.4 is 19.7 Å². The van der Waals surface area contributed by atoms with Crippen LogP contribution >= 0.6 is 0 Å². The Bertz CT molecular complexity index is 1060. The quantitative estimate of drug-likeness (QED) is 0.587. The summed E-state index contributed by atoms with van der Waals surface area (Å²) < 4.78 is 15.8. The number of carbonyl (C=O) groups is 2. The number of rotatable bonds is 9. The molecule has 33 heavy (non-hydrogen) atoms. The highest BCUT2D eigenvalue weighted by molar-refractivity contribution is 6.36. The maximum Gasteiger partial charge on any atom is 0.278 e. The number of ether oxygens (including phenoxy) is 3. The molecule has 0 unspecified atom stereocenters. The van der Waals surface area contributed by atoms with Gasteiger partial charge in [0.2, 0.25) is 0 Å². The normalized spacial score (nSPS) is 16.1. The molecule has 1 fully saturated rings. The molecule has 2 aliphatic rings. The molecule has 2 aliphatic heterocycles. The van der Waals surface area contributed by atoms with E-state index in [0.717, 1.165) is 24.5 Å². The van der Waals surface area contributed by atoms with Gasteiger partial charge in [0.05, 0.1) is 32.9 Å². The molecule has 2 heterocycles. The monoisotopic (exact) mass is 451 g/mol. The van der Waals surface area contributed by atoms with E-state index in [4.69, 9.17) is 14.2 Å². The summed E-state index contributed by atoms with van der Waals surface area (Å²) in [7, 11) is 4.62. The molecule has 174 valence electrons. The van der Waals surface area contributed by atoms with E-state index in [1.54, 1.807) is 25.3 Å². The molecule has 8 heteroatoms. The highest BCUT2D eigenvalue weighted by Gasteiger charge is 2.39. The Morgan fingerprint density at radius 2 is 1.58 bits per heavy atom. The van der Waals surface area contributed by atoms with Crippen molar-refractivity contribution in [3.63, 3.8) is 0 Å². The lowest BCUT2D eigenvalue weighted by Gasteiger charge is -2.18. The Balaban J connectivity index is 1.69. The molecule has 0 spiro atoms. The maximum absolute atomic E-state index is 13.3. The molecule has 0 aromatic heterocycles. The SMILES string of the molecule is COCCN1C(=O)C(Nc2ccc(N3CCCC3)cc2)=C(c2ccc(OC)c(OC)c2)C1=O. The third-order valence-corrected chi connectivity index (χ3v) is 5.97. The van der Waals surface area contributed by atoms with E-state index in [9.17, 15) is 9.59 Å². The zero-order valence-corrected chi connectivity index (χ0v) is 19.2. The van der Waals surface area contributed by atoms with E-state index >= 15 is 0 Å². The number of benzene rings is 2. The molecule has 2 aromatic rings. The molecule has 2 aromatic carbocycles. The number of methoxy groups -OCH3 is 3. The summed E-state index contributed by atoms with van der Waals surface area (Å²) >= 11 is 0. The van der Waals surface area contributed by atoms with Gasteiger partial charge in [0.25, 0.3) is 11.8 Å². The second-order valence-corrected chi connectivity index (χ2v) is 7.94. The Labute approximate surface area is 193 Å². The Morgan fingerprint density at radius 3 is 2.21 bits per heavy atom. The minimum absolute atomic E-state index is 0.171. The number of amides is 2. The largest absolute Gasteiger partial charge is 0.493 e. The summed E-state index contributed by atoms with van der Waals surface area (Å²) in [6.07, 6.45) is 2.41. The second kappa shape index (κ2) is 9.95. The lowest BCUT2D eigenvalue weighted by Crippen LogP contribution is -2.35. The van der Waals surface area contributed by atoms with Gasteiger partial charge in [-0.15, -0.1) is 0 Å². The van der Waals surface area contributed by atoms with E-state index in [-0.39, 0.29) is 30.7 Å². The van der Waals surface area contributed by atoms with Crippen LogP contribution in [0.3, 0.4) is 0 Å². The van der Waals surface area contributed by atoms with Crippen LogP contribution in [0.1, 0.15) is 18.4 Å². The van der Waals surface area contributed by atoms with Crippen LogP contribution in [0, 0.1) is 0 Å². The van der Waals surface area contributed by atoms with Gasteiger partial charge >= 0.3 is 0 Å². The number of nitrogens with one attached hydrogen (secondary N) is 1. The van der Waals surface area contributed by atoms with Gasteiger partial charge in [0, 0.05) is 31.6 Å². The number of nitrogens with zero attached hydrogens (tertiary/aromatic N) is 2. The Kier molecular flexibility index (Phi) is 6.84. The van der Waals surface area contributed by atoms with Crippen molar-refractivity contribution >= 4 is 28.8 Å². The fourth-order valence-electron chi connectivity index (χ4n) is 4.21. The molecule has 0 bridgehead atoms. The van der Waals surface area contributed by atoms with Gasteiger partial charge < -0.3 is 24.4 Å². The van der Waals surface area contributed by atoms with Crippen LogP contribution in [0.2, 0.25) is 0 Å². The van der Waals surface area contributed by atoms with E-state index < -0.39 is 0 Å². The first kappa shape index (κ1) is 22.7. The first-order valence-corrected chi connectivity index (χ1v) is 11.0. The van der Waals surface area contributed by atoms with Gasteiger partial charge in [0.15, 0.2) is 11.5 Å². The molecule has 0 radical (unpaired) electrons. The number of hydrogen-bond acceptors (Lipinski definition) is 7. The molecule has 0 atom stereocenters. The average molecular weight is 452 g/mol. The van der Waals surface area contributed by atoms with Gasteiger partial charge in [0.1, 0.15) is 5.70 Å². The predicted octanol–water partition coefficient (Wildman–Crippen LogP) is 3.14. The number of carbonyl (C=O) groups excluding carboxylic acids is 2. The number of hydrogen-bond donors (Lipinski definition) is 1. The van der Waals surface area contributed by atoms with Crippen molar-refractivity contribution < 1.29 is 23.8 Å². The molecular formula is C25H29N3O5. The second-order valence-electron chi connectivity index (χ2n) is 7.94. The predicted molar refractivity (Wildman–Crippen MR) is 127 cm³/mol. The minimum atomic E-state index is -0.384. The third-order valence-electron chi connectivity index (χ3n) is 5.97. The van der Waals surface area contributed by atoms with Crippen LogP contribution in [0.5, 0.6) is 11.5 Å². The van der Waals surface area contributed by atoms with E-state index in [1.807, 2.05) is 24.3 Å². The molecule has 0 saturated carbocycles. The molecule has 4 rings (SSSR count). The molecule has 0 aliphatic carbocycles. The summed E-state index contributed by atoms with van der Waals surface area (Å²) in [5.41, 5.74) is 2.99. The van der Waals surface area contributed by atoms with Gasteiger partial charge in [-0.25, -0.2) is 0 Å². The zero-order valence-electron chi connectivity index (χ0n) is 19.2. The van der Waals surface area contributed by atoms with E-state index in [0.29, 0.717) is 22.6 Å². The summed E-state index contributed by atoms with van der Waals surface area (Å²) in [5.74, 6) is 0.264. The standard InChI is InChI=1S/C25H29N3O5/c1-31-15-14-28-24(29)22(17-6-11-20(32-2)21(16-17)33-3)23(25(28)30)26-18-7-9-19(10-8-18)27-12-4-5-13-27/h6-11,16,26H,4-5,12-15H2,1-3H3. The molecule has 1 saturated heterocycles. The van der Waals surface area contributed by atoms with Crippen molar-refractivity contribution in [2.75, 3.05) is 57.8 Å². The molecular weight excluding hydrogens is 422 g/mol. The van der Waals surface area contributed by atoms with Crippen LogP contribution in [-0.2, 0) is 14.3 Å². The van der Waals surface area contributed by atoms with Crippen molar-refractivity contribution in [3.8, 4) is 11.5 Å². The van der Waals surface area contributed by atoms with Gasteiger partial charge in [-0.2, -0.15) is 0 Å². The van der Waals surface area contributed by atoms with Crippen molar-refractivity contribution in [2.45, 2.75) is 12.8 Å². The highest BCUT2D eigenvalue weighted by Crippen LogP contribution is 2.36. The fourth-order valence-corrected chi connectivity index (χ4v) is 4.21. The van der Waals surface area contributed by atoms with Crippen molar-refractivity contribution in [3.05, 3.63) is 53.7 Å². The number of anilines is 2. The zero-order chi connectivity index (χ0) is 23.4. The van der Waals surface area contributed by atoms with Crippen LogP contribution in [-0.4, -0.2) is 64.3 Å². The highest BCUT2D eigenvalue weighted by atomic mass is 16.5. The summed E-state index contributed by atoms with van der Waals surface area (Å²) in [6.45, 7) is 2.55. The topological polar surface area (TPSA) is 80.3 Å². The van der Waals surface area contributed by atoms with E-state index in [2.05, 4.69) is 10.2 Å². The fraction of sp³-hybridized carbons (Fsp3) is 0.360. The van der Waals surface area contributed by atoms with Crippen molar-refractivity contribution in [1.82, 2.24) is 4.90 Å². The number of imide groups is 1. The summed E-state index contributed by atoms with van der Waals surface area (Å²) in [4.78, 5) is 30.1. The molecule has 2 amide bonds. The van der Waals surface area contributed by atoms with Crippen LogP contribution in [0.25, 0.3) is 5.57 Å². The Morgan fingerprint density at radius 1 is 0.879 bits per heavy atom. The summed E-state index contributed by atoms with van der Waals surface area (Å²) in [5, 5.41) is 3.20. The molecule has 8 nitrogen and oxygen atoms in total. The maximum atomic E-state index is 13.3. The van der Waals surface area contributed by atoms with Crippen molar-refractivity contribution in [2.24, 2.45) is 0 Å².